The number of aliphatic imine (C=N–C) groups is 1. The van der Waals surface area contributed by atoms with E-state index in [-0.39, 0.29) is 35.7 Å². The number of nitrogens with zero attached hydrogens (tertiary/aromatic N) is 3. The van der Waals surface area contributed by atoms with Gasteiger partial charge in [-0.15, -0.1) is 0 Å². The molecule has 2 aliphatic rings. The van der Waals surface area contributed by atoms with Gasteiger partial charge in [-0.3, -0.25) is 9.78 Å². The second-order valence-corrected chi connectivity index (χ2v) is 8.55. The van der Waals surface area contributed by atoms with E-state index in [1.165, 1.54) is 11.8 Å². The number of anilines is 1. The molecule has 0 bridgehead atoms. The molecule has 1 amide bonds. The van der Waals surface area contributed by atoms with Crippen molar-refractivity contribution in [1.82, 2.24) is 9.97 Å². The second-order valence-electron chi connectivity index (χ2n) is 7.55. The summed E-state index contributed by atoms with van der Waals surface area (Å²) in [6.45, 7) is 1.83. The van der Waals surface area contributed by atoms with Crippen LogP contribution in [0.25, 0.3) is 0 Å². The number of amidine groups is 1. The lowest BCUT2D eigenvalue weighted by Gasteiger charge is -2.49. The molecule has 0 radical (unpaired) electrons. The Morgan fingerprint density at radius 1 is 1.35 bits per heavy atom. The Labute approximate surface area is 180 Å². The number of hydrogen-bond donors (Lipinski definition) is 2. The van der Waals surface area contributed by atoms with Crippen molar-refractivity contribution in [2.75, 3.05) is 17.7 Å². The van der Waals surface area contributed by atoms with Gasteiger partial charge < -0.3 is 15.8 Å². The Kier molecular flexibility index (Phi) is 5.65. The molecule has 164 valence electrons. The van der Waals surface area contributed by atoms with Gasteiger partial charge in [0.05, 0.1) is 25.1 Å². The summed E-state index contributed by atoms with van der Waals surface area (Å²) in [5, 5.41) is 2.91. The van der Waals surface area contributed by atoms with Gasteiger partial charge in [-0.1, -0.05) is 23.9 Å². The fraction of sp³-hybridized carbons (Fsp3) is 0.400. The number of ether oxygens (including phenoxy) is 1. The Morgan fingerprint density at radius 3 is 2.87 bits per heavy atom. The van der Waals surface area contributed by atoms with Crippen LogP contribution in [-0.2, 0) is 10.3 Å². The first-order chi connectivity index (χ1) is 14.7. The van der Waals surface area contributed by atoms with Crippen molar-refractivity contribution < 1.29 is 22.7 Å². The fourth-order valence-electron chi connectivity index (χ4n) is 3.82. The minimum Gasteiger partial charge on any atom is -0.379 e. The van der Waals surface area contributed by atoms with E-state index in [4.69, 9.17) is 10.5 Å². The van der Waals surface area contributed by atoms with E-state index in [0.717, 1.165) is 12.4 Å². The molecule has 2 aliphatic heterocycles. The number of amides is 1. The molecular weight excluding hydrogens is 431 g/mol. The average Bonchev–Trinajstić information content (AvgIpc) is 2.74. The first kappa shape index (κ1) is 21.6. The zero-order valence-corrected chi connectivity index (χ0v) is 17.3. The summed E-state index contributed by atoms with van der Waals surface area (Å²) in [5.41, 5.74) is 3.18. The minimum absolute atomic E-state index is 0.0178. The highest BCUT2D eigenvalue weighted by Crippen LogP contribution is 2.51. The molecule has 1 saturated heterocycles. The van der Waals surface area contributed by atoms with Crippen LogP contribution in [0.15, 0.2) is 41.7 Å². The predicted octanol–water partition coefficient (Wildman–Crippen LogP) is 3.44. The van der Waals surface area contributed by atoms with Crippen LogP contribution in [0.5, 0.6) is 0 Å². The van der Waals surface area contributed by atoms with Crippen LogP contribution in [0.2, 0.25) is 0 Å². The van der Waals surface area contributed by atoms with Gasteiger partial charge in [-0.2, -0.15) is 0 Å². The van der Waals surface area contributed by atoms with Gasteiger partial charge in [0.1, 0.15) is 16.9 Å². The number of carbonyl (C=O) groups excluding carboxylic acids is 1. The van der Waals surface area contributed by atoms with Crippen LogP contribution in [-0.4, -0.2) is 45.2 Å². The van der Waals surface area contributed by atoms with Gasteiger partial charge >= 0.3 is 0 Å². The topological polar surface area (TPSA) is 102 Å². The van der Waals surface area contributed by atoms with Crippen LogP contribution >= 0.6 is 11.8 Å². The van der Waals surface area contributed by atoms with E-state index in [9.17, 15) is 13.6 Å². The first-order valence-corrected chi connectivity index (χ1v) is 10.5. The van der Waals surface area contributed by atoms with Gasteiger partial charge in [-0.05, 0) is 24.6 Å². The molecule has 0 saturated carbocycles. The molecule has 7 nitrogen and oxygen atoms in total. The number of carbonyl (C=O) groups is 1. The van der Waals surface area contributed by atoms with E-state index in [1.807, 2.05) is 6.92 Å². The highest BCUT2D eigenvalue weighted by molar-refractivity contribution is 8.13. The maximum Gasteiger partial charge on any atom is 0.281 e. The van der Waals surface area contributed by atoms with Crippen molar-refractivity contribution in [3.8, 4) is 0 Å². The quantitative estimate of drug-likeness (QED) is 0.738. The summed E-state index contributed by atoms with van der Waals surface area (Å²) in [6.07, 6.45) is -1.04. The number of halogens is 3. The molecule has 0 aliphatic carbocycles. The summed E-state index contributed by atoms with van der Waals surface area (Å²) in [7, 11) is 0. The number of fused-ring (bicyclic) bond motifs is 1. The molecule has 2 aromatic rings. The number of hydrogen-bond acceptors (Lipinski definition) is 7. The highest BCUT2D eigenvalue weighted by Gasteiger charge is 2.59. The number of alkyl halides is 3. The number of aromatic nitrogens is 2. The summed E-state index contributed by atoms with van der Waals surface area (Å²) in [6, 6.07) is 6.61. The molecule has 0 spiro atoms. The summed E-state index contributed by atoms with van der Waals surface area (Å²) < 4.78 is 47.1. The van der Waals surface area contributed by atoms with Crippen molar-refractivity contribution in [2.24, 2.45) is 10.7 Å². The Hall–Kier alpha value is -2.66. The van der Waals surface area contributed by atoms with E-state index in [1.54, 1.807) is 24.3 Å². The lowest BCUT2D eigenvalue weighted by Crippen LogP contribution is -2.60. The summed E-state index contributed by atoms with van der Waals surface area (Å²) in [5.74, 6) is -0.483. The zero-order valence-electron chi connectivity index (χ0n) is 16.5. The van der Waals surface area contributed by atoms with Crippen molar-refractivity contribution in [3.63, 3.8) is 0 Å². The Morgan fingerprint density at radius 2 is 2.16 bits per heavy atom. The van der Waals surface area contributed by atoms with Gasteiger partial charge in [-0.25, -0.2) is 23.1 Å². The number of thioether (sulfide) groups is 1. The minimum atomic E-state index is -2.77. The maximum atomic E-state index is 16.1. The van der Waals surface area contributed by atoms with Crippen LogP contribution in [0, 0.1) is 0 Å². The summed E-state index contributed by atoms with van der Waals surface area (Å²) in [4.78, 5) is 24.2. The van der Waals surface area contributed by atoms with E-state index in [2.05, 4.69) is 20.3 Å². The monoisotopic (exact) mass is 451 g/mol. The van der Waals surface area contributed by atoms with Crippen LogP contribution in [0.3, 0.4) is 0 Å². The smallest absolute Gasteiger partial charge is 0.281 e. The zero-order chi connectivity index (χ0) is 22.2. The maximum absolute atomic E-state index is 16.1. The number of rotatable bonds is 4. The first-order valence-electron chi connectivity index (χ1n) is 9.53. The third-order valence-corrected chi connectivity index (χ3v) is 6.39. The van der Waals surface area contributed by atoms with Crippen LogP contribution in [0.1, 0.15) is 41.5 Å². The highest BCUT2D eigenvalue weighted by atomic mass is 32.2. The Bertz CT molecular complexity index is 1020. The molecule has 3 heterocycles. The van der Waals surface area contributed by atoms with Crippen molar-refractivity contribution in [1.29, 1.82) is 0 Å². The van der Waals surface area contributed by atoms with Crippen molar-refractivity contribution >= 4 is 28.5 Å². The third kappa shape index (κ3) is 3.99. The molecule has 31 heavy (non-hydrogen) atoms. The molecule has 11 heteroatoms. The molecule has 1 fully saturated rings. The molecular formula is C20H20F3N5O2S. The predicted molar refractivity (Wildman–Crippen MR) is 111 cm³/mol. The molecule has 3 atom stereocenters. The van der Waals surface area contributed by atoms with E-state index in [0.29, 0.717) is 11.3 Å². The van der Waals surface area contributed by atoms with E-state index < -0.39 is 29.2 Å². The van der Waals surface area contributed by atoms with Gasteiger partial charge in [0.15, 0.2) is 10.8 Å². The average molecular weight is 451 g/mol. The van der Waals surface area contributed by atoms with Crippen LogP contribution in [0.4, 0.5) is 18.9 Å². The van der Waals surface area contributed by atoms with Gasteiger partial charge in [0, 0.05) is 17.9 Å². The van der Waals surface area contributed by atoms with Gasteiger partial charge in [0.2, 0.25) is 0 Å². The second kappa shape index (κ2) is 8.12. The van der Waals surface area contributed by atoms with Crippen LogP contribution < -0.4 is 11.1 Å². The molecule has 1 aromatic heterocycles. The molecule has 3 N–H and O–H groups in total. The standard InChI is InChI=1S/C20H20F3N5O2S/c1-11-6-19(23)10-31-18(24)28-20(19,9-30-11)12-3-2-4-13(5-12)27-17(29)15-8-25-14(7-26-15)16(21)22/h2-5,7-8,11,16H,6,9-10H2,1H3,(H2,24,28)(H,27,29)/t11-,19?,20+/m0/s1. The molecule has 4 rings (SSSR count). The Balaban J connectivity index is 1.63. The normalized spacial score (nSPS) is 28.0. The van der Waals surface area contributed by atoms with Crippen molar-refractivity contribution in [3.05, 3.63) is 53.6 Å². The van der Waals surface area contributed by atoms with Gasteiger partial charge in [0.25, 0.3) is 12.3 Å². The molecule has 1 unspecified atom stereocenters. The fourth-order valence-corrected chi connectivity index (χ4v) is 4.77. The number of nitrogens with one attached hydrogen (secondary N) is 1. The lowest BCUT2D eigenvalue weighted by atomic mass is 9.73. The summed E-state index contributed by atoms with van der Waals surface area (Å²) >= 11 is 1.17. The third-order valence-electron chi connectivity index (χ3n) is 5.40. The van der Waals surface area contributed by atoms with Crippen molar-refractivity contribution in [2.45, 2.75) is 37.1 Å². The SMILES string of the molecule is C[C@H]1CC2(F)CSC(N)=N[C@@]2(c2cccc(NC(=O)c3cnc(C(F)F)cn3)c2)CO1. The molecule has 1 aromatic carbocycles. The lowest BCUT2D eigenvalue weighted by molar-refractivity contribution is -0.106. The number of benzene rings is 1. The number of nitrogens with two attached hydrogens (primary N) is 1. The largest absolute Gasteiger partial charge is 0.379 e. The van der Waals surface area contributed by atoms with E-state index >= 15 is 4.39 Å².